The van der Waals surface area contributed by atoms with Crippen LogP contribution >= 0.6 is 0 Å². The number of rotatable bonds is 2. The summed E-state index contributed by atoms with van der Waals surface area (Å²) in [6.07, 6.45) is 1.11. The van der Waals surface area contributed by atoms with Crippen LogP contribution in [0, 0.1) is 19.8 Å². The Morgan fingerprint density at radius 1 is 1.15 bits per heavy atom. The molecule has 20 heavy (non-hydrogen) atoms. The summed E-state index contributed by atoms with van der Waals surface area (Å²) in [5.41, 5.74) is 3.12. The van der Waals surface area contributed by atoms with E-state index < -0.39 is 0 Å². The molecular formula is C16H21NO3. The van der Waals surface area contributed by atoms with Crippen LogP contribution in [0.3, 0.4) is 0 Å². The number of Topliss-reactive ketones (excluding diaryl/α,β-unsaturated/α-hetero) is 1. The molecule has 0 radical (unpaired) electrons. The predicted octanol–water partition coefficient (Wildman–Crippen LogP) is 2.96. The highest BCUT2D eigenvalue weighted by Gasteiger charge is 2.28. The molecule has 0 aromatic heterocycles. The van der Waals surface area contributed by atoms with Gasteiger partial charge >= 0.3 is 6.09 Å². The smallest absolute Gasteiger partial charge is 0.409 e. The van der Waals surface area contributed by atoms with E-state index in [4.69, 9.17) is 4.74 Å². The summed E-state index contributed by atoms with van der Waals surface area (Å²) < 4.78 is 4.70. The van der Waals surface area contributed by atoms with Gasteiger partial charge in [-0.3, -0.25) is 4.79 Å². The second-order valence-electron chi connectivity index (χ2n) is 5.39. The fraction of sp³-hybridized carbons (Fsp3) is 0.500. The van der Waals surface area contributed by atoms with Crippen LogP contribution in [-0.4, -0.2) is 37.0 Å². The van der Waals surface area contributed by atoms with E-state index in [9.17, 15) is 9.59 Å². The van der Waals surface area contributed by atoms with Gasteiger partial charge in [-0.2, -0.15) is 0 Å². The molecule has 1 saturated heterocycles. The second-order valence-corrected chi connectivity index (χ2v) is 5.39. The van der Waals surface area contributed by atoms with Crippen LogP contribution in [0.2, 0.25) is 0 Å². The standard InChI is InChI=1S/C16H21NO3/c1-11-4-5-14(10-12(11)2)15(18)13-6-8-17(9-7-13)16(19)20-3/h4-5,10,13H,6-9H2,1-3H3. The van der Waals surface area contributed by atoms with E-state index in [0.29, 0.717) is 25.9 Å². The molecule has 4 nitrogen and oxygen atoms in total. The SMILES string of the molecule is COC(=O)N1CCC(C(=O)c2ccc(C)c(C)c2)CC1. The van der Waals surface area contributed by atoms with Crippen molar-refractivity contribution in [3.8, 4) is 0 Å². The van der Waals surface area contributed by atoms with Crippen molar-refractivity contribution >= 4 is 11.9 Å². The van der Waals surface area contributed by atoms with Crippen LogP contribution in [0.5, 0.6) is 0 Å². The average molecular weight is 275 g/mol. The van der Waals surface area contributed by atoms with Gasteiger partial charge in [0, 0.05) is 24.6 Å². The number of aryl methyl sites for hydroxylation is 2. The molecule has 0 unspecified atom stereocenters. The third kappa shape index (κ3) is 3.00. The lowest BCUT2D eigenvalue weighted by Gasteiger charge is -2.30. The minimum absolute atomic E-state index is 0.0120. The van der Waals surface area contributed by atoms with E-state index in [1.807, 2.05) is 32.0 Å². The number of ketones is 1. The van der Waals surface area contributed by atoms with Crippen molar-refractivity contribution in [1.29, 1.82) is 0 Å². The van der Waals surface area contributed by atoms with E-state index in [2.05, 4.69) is 0 Å². The van der Waals surface area contributed by atoms with Crippen molar-refractivity contribution in [3.63, 3.8) is 0 Å². The first-order chi connectivity index (χ1) is 9.52. The highest BCUT2D eigenvalue weighted by Crippen LogP contribution is 2.23. The molecule has 1 aliphatic heterocycles. The zero-order chi connectivity index (χ0) is 14.7. The molecule has 1 amide bonds. The minimum atomic E-state index is -0.304. The first kappa shape index (κ1) is 14.6. The Labute approximate surface area is 119 Å². The number of carbonyl (C=O) groups is 2. The fourth-order valence-electron chi connectivity index (χ4n) is 2.58. The minimum Gasteiger partial charge on any atom is -0.453 e. The number of hydrogen-bond donors (Lipinski definition) is 0. The first-order valence-corrected chi connectivity index (χ1v) is 6.97. The lowest BCUT2D eigenvalue weighted by molar-refractivity contribution is 0.0793. The van der Waals surface area contributed by atoms with Gasteiger partial charge in [0.15, 0.2) is 5.78 Å². The lowest BCUT2D eigenvalue weighted by Crippen LogP contribution is -2.40. The second kappa shape index (κ2) is 6.07. The molecule has 0 saturated carbocycles. The quantitative estimate of drug-likeness (QED) is 0.780. The van der Waals surface area contributed by atoms with E-state index in [0.717, 1.165) is 11.1 Å². The van der Waals surface area contributed by atoms with E-state index in [1.165, 1.54) is 12.7 Å². The van der Waals surface area contributed by atoms with Crippen LogP contribution in [0.25, 0.3) is 0 Å². The molecule has 4 heteroatoms. The lowest BCUT2D eigenvalue weighted by atomic mass is 9.88. The molecule has 0 spiro atoms. The normalized spacial score (nSPS) is 16.1. The number of nitrogens with zero attached hydrogens (tertiary/aromatic N) is 1. The Kier molecular flexibility index (Phi) is 4.42. The fourth-order valence-corrected chi connectivity index (χ4v) is 2.58. The van der Waals surface area contributed by atoms with Crippen molar-refractivity contribution < 1.29 is 14.3 Å². The molecular weight excluding hydrogens is 254 g/mol. The molecule has 108 valence electrons. The molecule has 2 rings (SSSR count). The van der Waals surface area contributed by atoms with E-state index >= 15 is 0 Å². The number of piperidine rings is 1. The Bertz CT molecular complexity index is 516. The topological polar surface area (TPSA) is 46.6 Å². The number of hydrogen-bond acceptors (Lipinski definition) is 3. The average Bonchev–Trinajstić information content (AvgIpc) is 2.48. The van der Waals surface area contributed by atoms with Crippen LogP contribution < -0.4 is 0 Å². The van der Waals surface area contributed by atoms with Crippen LogP contribution in [0.15, 0.2) is 18.2 Å². The van der Waals surface area contributed by atoms with Gasteiger partial charge in [0.05, 0.1) is 7.11 Å². The number of likely N-dealkylation sites (tertiary alicyclic amines) is 1. The number of methoxy groups -OCH3 is 1. The van der Waals surface area contributed by atoms with Gasteiger partial charge in [-0.15, -0.1) is 0 Å². The largest absolute Gasteiger partial charge is 0.453 e. The van der Waals surface area contributed by atoms with E-state index in [-0.39, 0.29) is 17.8 Å². The number of carbonyl (C=O) groups excluding carboxylic acids is 2. The van der Waals surface area contributed by atoms with Crippen molar-refractivity contribution in [2.24, 2.45) is 5.92 Å². The number of ether oxygens (including phenoxy) is 1. The Morgan fingerprint density at radius 2 is 1.80 bits per heavy atom. The molecule has 1 aromatic rings. The molecule has 1 heterocycles. The summed E-state index contributed by atoms with van der Waals surface area (Å²) in [6, 6.07) is 5.86. The maximum atomic E-state index is 12.5. The molecule has 0 atom stereocenters. The molecule has 1 aromatic carbocycles. The summed E-state index contributed by atoms with van der Waals surface area (Å²) in [5, 5.41) is 0. The molecule has 0 aliphatic carbocycles. The summed E-state index contributed by atoms with van der Waals surface area (Å²) in [4.78, 5) is 25.5. The van der Waals surface area contributed by atoms with Crippen molar-refractivity contribution in [2.75, 3.05) is 20.2 Å². The Hall–Kier alpha value is -1.84. The van der Waals surface area contributed by atoms with Crippen molar-refractivity contribution in [3.05, 3.63) is 34.9 Å². The van der Waals surface area contributed by atoms with Crippen LogP contribution in [0.4, 0.5) is 4.79 Å². The van der Waals surface area contributed by atoms with Gasteiger partial charge in [0.25, 0.3) is 0 Å². The Balaban J connectivity index is 2.01. The van der Waals surface area contributed by atoms with Crippen molar-refractivity contribution in [2.45, 2.75) is 26.7 Å². The van der Waals surface area contributed by atoms with Crippen LogP contribution in [-0.2, 0) is 4.74 Å². The first-order valence-electron chi connectivity index (χ1n) is 6.97. The third-order valence-corrected chi connectivity index (χ3v) is 4.09. The van der Waals surface area contributed by atoms with Gasteiger partial charge in [0.1, 0.15) is 0 Å². The number of amides is 1. The highest BCUT2D eigenvalue weighted by molar-refractivity contribution is 5.98. The van der Waals surface area contributed by atoms with Crippen LogP contribution in [0.1, 0.15) is 34.3 Å². The highest BCUT2D eigenvalue weighted by atomic mass is 16.5. The van der Waals surface area contributed by atoms with Gasteiger partial charge < -0.3 is 9.64 Å². The summed E-state index contributed by atoms with van der Waals surface area (Å²) in [7, 11) is 1.38. The summed E-state index contributed by atoms with van der Waals surface area (Å²) in [5.74, 6) is 0.204. The maximum Gasteiger partial charge on any atom is 0.409 e. The zero-order valence-electron chi connectivity index (χ0n) is 12.3. The van der Waals surface area contributed by atoms with Gasteiger partial charge in [-0.1, -0.05) is 12.1 Å². The monoisotopic (exact) mass is 275 g/mol. The molecule has 1 aliphatic rings. The maximum absolute atomic E-state index is 12.5. The summed E-state index contributed by atoms with van der Waals surface area (Å²) in [6.45, 7) is 5.24. The molecule has 0 bridgehead atoms. The van der Waals surface area contributed by atoms with Gasteiger partial charge in [-0.05, 0) is 43.9 Å². The van der Waals surface area contributed by atoms with Gasteiger partial charge in [-0.25, -0.2) is 4.79 Å². The van der Waals surface area contributed by atoms with Crippen molar-refractivity contribution in [1.82, 2.24) is 4.90 Å². The molecule has 0 N–H and O–H groups in total. The van der Waals surface area contributed by atoms with Gasteiger partial charge in [0.2, 0.25) is 0 Å². The molecule has 1 fully saturated rings. The van der Waals surface area contributed by atoms with E-state index in [1.54, 1.807) is 4.90 Å². The number of benzene rings is 1. The zero-order valence-corrected chi connectivity index (χ0v) is 12.3. The predicted molar refractivity (Wildman–Crippen MR) is 76.9 cm³/mol. The Morgan fingerprint density at radius 3 is 2.35 bits per heavy atom. The summed E-state index contributed by atoms with van der Waals surface area (Å²) >= 11 is 0. The third-order valence-electron chi connectivity index (χ3n) is 4.09.